The number of rotatable bonds is 8. The summed E-state index contributed by atoms with van der Waals surface area (Å²) in [5.41, 5.74) is 0. The lowest BCUT2D eigenvalue weighted by atomic mass is 10.2. The van der Waals surface area contributed by atoms with Crippen molar-refractivity contribution in [3.63, 3.8) is 0 Å². The van der Waals surface area contributed by atoms with E-state index in [2.05, 4.69) is 12.2 Å². The molecule has 0 amide bonds. The molecule has 4 nitrogen and oxygen atoms in total. The first kappa shape index (κ1) is 14.7. The first-order valence-electron chi connectivity index (χ1n) is 5.17. The summed E-state index contributed by atoms with van der Waals surface area (Å²) in [7, 11) is 0. The smallest absolute Gasteiger partial charge is 0.308 e. The van der Waals surface area contributed by atoms with E-state index < -0.39 is 6.10 Å². The van der Waals surface area contributed by atoms with Gasteiger partial charge in [-0.05, 0) is 13.2 Å². The lowest BCUT2D eigenvalue weighted by Crippen LogP contribution is -2.32. The monoisotopic (exact) mass is 235 g/mol. The molecule has 0 heterocycles. The highest BCUT2D eigenvalue weighted by Gasteiger charge is 2.11. The Hall–Kier alpha value is -0.260. The number of thioether (sulfide) groups is 1. The van der Waals surface area contributed by atoms with Crippen LogP contribution in [-0.2, 0) is 9.53 Å². The van der Waals surface area contributed by atoms with Crippen LogP contribution in [0.5, 0.6) is 0 Å². The van der Waals surface area contributed by atoms with Gasteiger partial charge in [-0.25, -0.2) is 0 Å². The van der Waals surface area contributed by atoms with E-state index in [-0.39, 0.29) is 12.4 Å². The summed E-state index contributed by atoms with van der Waals surface area (Å²) in [4.78, 5) is 11.0. The third-order valence-electron chi connectivity index (χ3n) is 1.92. The molecule has 0 rings (SSSR count). The second-order valence-electron chi connectivity index (χ2n) is 3.37. The normalized spacial score (nSPS) is 14.7. The summed E-state index contributed by atoms with van der Waals surface area (Å²) in [5.74, 6) is -0.343. The van der Waals surface area contributed by atoms with Gasteiger partial charge >= 0.3 is 5.97 Å². The Bertz CT molecular complexity index is 178. The lowest BCUT2D eigenvalue weighted by molar-refractivity contribution is -0.145. The molecule has 0 aliphatic rings. The number of esters is 1. The van der Waals surface area contributed by atoms with Crippen molar-refractivity contribution in [1.82, 2.24) is 5.32 Å². The second kappa shape index (κ2) is 9.00. The van der Waals surface area contributed by atoms with Crippen molar-refractivity contribution >= 4 is 17.7 Å². The molecule has 5 heteroatoms. The highest BCUT2D eigenvalue weighted by atomic mass is 32.2. The van der Waals surface area contributed by atoms with E-state index in [9.17, 15) is 9.90 Å². The fourth-order valence-corrected chi connectivity index (χ4v) is 1.31. The molecule has 0 fully saturated rings. The molecule has 0 aliphatic heterocycles. The minimum atomic E-state index is -0.655. The highest BCUT2D eigenvalue weighted by molar-refractivity contribution is 7.99. The van der Waals surface area contributed by atoms with E-state index in [1.165, 1.54) is 0 Å². The maximum atomic E-state index is 11.0. The second-order valence-corrected chi connectivity index (χ2v) is 4.64. The molecule has 0 aromatic heterocycles. The fraction of sp³-hybridized carbons (Fsp3) is 0.900. The van der Waals surface area contributed by atoms with Gasteiger partial charge in [0.25, 0.3) is 0 Å². The van der Waals surface area contributed by atoms with Crippen LogP contribution >= 0.6 is 11.8 Å². The Morgan fingerprint density at radius 2 is 2.20 bits per heavy atom. The van der Waals surface area contributed by atoms with E-state index >= 15 is 0 Å². The fourth-order valence-electron chi connectivity index (χ4n) is 1.02. The van der Waals surface area contributed by atoms with E-state index in [1.54, 1.807) is 18.7 Å². The van der Waals surface area contributed by atoms with E-state index in [0.717, 1.165) is 6.54 Å². The van der Waals surface area contributed by atoms with Crippen LogP contribution in [0.2, 0.25) is 0 Å². The first-order chi connectivity index (χ1) is 7.10. The molecule has 0 aliphatic carbocycles. The third-order valence-corrected chi connectivity index (χ3v) is 2.89. The van der Waals surface area contributed by atoms with Gasteiger partial charge in [-0.15, -0.1) is 0 Å². The number of hydrogen-bond acceptors (Lipinski definition) is 5. The highest BCUT2D eigenvalue weighted by Crippen LogP contribution is 2.02. The Morgan fingerprint density at radius 3 is 2.73 bits per heavy atom. The largest absolute Gasteiger partial charge is 0.466 e. The van der Waals surface area contributed by atoms with Crippen molar-refractivity contribution in [3.8, 4) is 0 Å². The average molecular weight is 235 g/mol. The van der Waals surface area contributed by atoms with Crippen molar-refractivity contribution < 1.29 is 14.6 Å². The topological polar surface area (TPSA) is 58.6 Å². The van der Waals surface area contributed by atoms with Gasteiger partial charge in [0.2, 0.25) is 0 Å². The maximum absolute atomic E-state index is 11.0. The van der Waals surface area contributed by atoms with E-state index in [1.807, 2.05) is 6.26 Å². The van der Waals surface area contributed by atoms with Crippen molar-refractivity contribution in [2.75, 3.05) is 26.0 Å². The molecule has 0 bridgehead atoms. The zero-order valence-electron chi connectivity index (χ0n) is 9.66. The minimum absolute atomic E-state index is 0.0640. The van der Waals surface area contributed by atoms with Gasteiger partial charge in [-0.2, -0.15) is 11.8 Å². The molecule has 2 unspecified atom stereocenters. The number of hydrogen-bond donors (Lipinski definition) is 2. The van der Waals surface area contributed by atoms with Gasteiger partial charge in [-0.1, -0.05) is 6.92 Å². The summed E-state index contributed by atoms with van der Waals surface area (Å²) >= 11 is 1.76. The Balaban J connectivity index is 3.48. The summed E-state index contributed by atoms with van der Waals surface area (Å²) in [6.07, 6.45) is 1.45. The Morgan fingerprint density at radius 1 is 1.53 bits per heavy atom. The van der Waals surface area contributed by atoms with E-state index in [4.69, 9.17) is 4.74 Å². The average Bonchev–Trinajstić information content (AvgIpc) is 2.17. The molecule has 0 saturated heterocycles. The SMILES string of the molecule is CCOC(=O)CC(O)CNCC(C)SC. The first-order valence-corrected chi connectivity index (χ1v) is 6.46. The molecule has 0 aromatic rings. The van der Waals surface area contributed by atoms with Crippen LogP contribution in [-0.4, -0.2) is 48.4 Å². The zero-order valence-corrected chi connectivity index (χ0v) is 10.5. The summed E-state index contributed by atoms with van der Waals surface area (Å²) < 4.78 is 4.73. The van der Waals surface area contributed by atoms with Gasteiger partial charge in [0.05, 0.1) is 19.1 Å². The summed E-state index contributed by atoms with van der Waals surface area (Å²) in [6, 6.07) is 0. The van der Waals surface area contributed by atoms with Crippen LogP contribution in [0.3, 0.4) is 0 Å². The van der Waals surface area contributed by atoms with Gasteiger partial charge in [0, 0.05) is 18.3 Å². The third kappa shape index (κ3) is 8.72. The van der Waals surface area contributed by atoms with Crippen LogP contribution in [0.1, 0.15) is 20.3 Å². The number of ether oxygens (including phenoxy) is 1. The van der Waals surface area contributed by atoms with E-state index in [0.29, 0.717) is 18.4 Å². The van der Waals surface area contributed by atoms with Crippen LogP contribution in [0.15, 0.2) is 0 Å². The molecule has 0 spiro atoms. The van der Waals surface area contributed by atoms with Gasteiger partial charge < -0.3 is 15.2 Å². The molecule has 2 atom stereocenters. The zero-order chi connectivity index (χ0) is 11.7. The minimum Gasteiger partial charge on any atom is -0.466 e. The maximum Gasteiger partial charge on any atom is 0.308 e. The van der Waals surface area contributed by atoms with Crippen LogP contribution in [0.25, 0.3) is 0 Å². The molecular weight excluding hydrogens is 214 g/mol. The standard InChI is InChI=1S/C10H21NO3S/c1-4-14-10(13)5-9(12)7-11-6-8(2)15-3/h8-9,11-12H,4-7H2,1-3H3. The molecule has 15 heavy (non-hydrogen) atoms. The van der Waals surface area contributed by atoms with Crippen molar-refractivity contribution in [3.05, 3.63) is 0 Å². The van der Waals surface area contributed by atoms with Crippen molar-refractivity contribution in [2.24, 2.45) is 0 Å². The quantitative estimate of drug-likeness (QED) is 0.605. The van der Waals surface area contributed by atoms with Gasteiger partial charge in [0.1, 0.15) is 0 Å². The lowest BCUT2D eigenvalue weighted by Gasteiger charge is -2.13. The molecule has 0 saturated carbocycles. The molecule has 0 radical (unpaired) electrons. The van der Waals surface area contributed by atoms with Crippen LogP contribution in [0.4, 0.5) is 0 Å². The number of nitrogens with one attached hydrogen (secondary N) is 1. The van der Waals surface area contributed by atoms with Crippen molar-refractivity contribution in [2.45, 2.75) is 31.6 Å². The van der Waals surface area contributed by atoms with Crippen molar-refractivity contribution in [1.29, 1.82) is 0 Å². The number of aliphatic hydroxyl groups is 1. The predicted molar refractivity (Wildman–Crippen MR) is 63.1 cm³/mol. The number of carbonyl (C=O) groups excluding carboxylic acids is 1. The molecule has 2 N–H and O–H groups in total. The van der Waals surface area contributed by atoms with Crippen LogP contribution < -0.4 is 5.32 Å². The Kier molecular flexibility index (Phi) is 8.85. The van der Waals surface area contributed by atoms with Gasteiger partial charge in [-0.3, -0.25) is 4.79 Å². The van der Waals surface area contributed by atoms with Crippen LogP contribution in [0, 0.1) is 0 Å². The summed E-state index contributed by atoms with van der Waals surface area (Å²) in [5, 5.41) is 13.1. The number of carbonyl (C=O) groups is 1. The predicted octanol–water partition coefficient (Wildman–Crippen LogP) is 0.642. The summed E-state index contributed by atoms with van der Waals surface area (Å²) in [6.45, 7) is 5.49. The molecule has 90 valence electrons. The van der Waals surface area contributed by atoms with Gasteiger partial charge in [0.15, 0.2) is 0 Å². The number of aliphatic hydroxyl groups excluding tert-OH is 1. The molecule has 0 aromatic carbocycles. The Labute approximate surface area is 95.8 Å². The molecular formula is C10H21NO3S.